The summed E-state index contributed by atoms with van der Waals surface area (Å²) in [5.74, 6) is -3.02. The molecule has 0 aliphatic rings. The number of hydrogen-bond donors (Lipinski definition) is 3. The van der Waals surface area contributed by atoms with E-state index >= 15 is 0 Å². The van der Waals surface area contributed by atoms with Crippen molar-refractivity contribution in [3.8, 4) is 0 Å². The first kappa shape index (κ1) is 37.4. The fourth-order valence-electron chi connectivity index (χ4n) is 4.89. The Morgan fingerprint density at radius 1 is 0.698 bits per heavy atom. The Morgan fingerprint density at radius 3 is 1.72 bits per heavy atom. The van der Waals surface area contributed by atoms with E-state index in [-0.39, 0.29) is 38.1 Å². The van der Waals surface area contributed by atoms with Gasteiger partial charge in [0, 0.05) is 24.3 Å². The number of fused-ring (bicyclic) bond motifs is 2. The van der Waals surface area contributed by atoms with Gasteiger partial charge in [0.05, 0.1) is 23.6 Å². The van der Waals surface area contributed by atoms with E-state index in [1.54, 1.807) is 12.1 Å². The van der Waals surface area contributed by atoms with Gasteiger partial charge in [0.25, 0.3) is 0 Å². The number of esters is 3. The first-order valence-electron chi connectivity index (χ1n) is 16.2. The second-order valence-corrected chi connectivity index (χ2v) is 11.5. The highest BCUT2D eigenvalue weighted by Crippen LogP contribution is 2.23. The number of aromatic nitrogens is 2. The Labute approximate surface area is 301 Å². The molecule has 16 heteroatoms. The predicted octanol–water partition coefficient (Wildman–Crippen LogP) is 5.19. The molecule has 0 saturated carbocycles. The molecule has 4 aromatic heterocycles. The van der Waals surface area contributed by atoms with Gasteiger partial charge < -0.3 is 43.9 Å². The van der Waals surface area contributed by atoms with Crippen molar-refractivity contribution in [1.29, 1.82) is 0 Å². The predicted molar refractivity (Wildman–Crippen MR) is 186 cm³/mol. The highest BCUT2D eigenvalue weighted by Gasteiger charge is 2.23. The van der Waals surface area contributed by atoms with Gasteiger partial charge in [-0.2, -0.15) is 0 Å². The zero-order chi connectivity index (χ0) is 37.9. The van der Waals surface area contributed by atoms with Gasteiger partial charge in [0.15, 0.2) is 24.6 Å². The Kier molecular flexibility index (Phi) is 12.3. The smallest absolute Gasteiger partial charge is 0.408 e. The summed E-state index contributed by atoms with van der Waals surface area (Å²) in [7, 11) is 0. The number of benzene rings is 2. The highest BCUT2D eigenvalue weighted by atomic mass is 16.6. The van der Waals surface area contributed by atoms with Crippen LogP contribution >= 0.6 is 0 Å². The SMILES string of the molecule is CC(N)C(=O)OCn1c(C(=O)O)cc2occc21.CC(NC(=O)OCc1ccccc1)C(=O)OCn1c(C(=O)OCc2ccccc2)cc2occc21. The summed E-state index contributed by atoms with van der Waals surface area (Å²) in [5.41, 5.74) is 9.15. The lowest BCUT2D eigenvalue weighted by Gasteiger charge is -2.15. The number of amides is 1. The van der Waals surface area contributed by atoms with Crippen LogP contribution in [0, 0.1) is 0 Å². The Balaban J connectivity index is 0.000000252. The molecule has 16 nitrogen and oxygen atoms in total. The van der Waals surface area contributed by atoms with E-state index in [0.29, 0.717) is 22.2 Å². The van der Waals surface area contributed by atoms with Crippen molar-refractivity contribution in [2.24, 2.45) is 5.73 Å². The van der Waals surface area contributed by atoms with Gasteiger partial charge in [-0.05, 0) is 25.0 Å². The number of furan rings is 2. The first-order chi connectivity index (χ1) is 25.5. The maximum absolute atomic E-state index is 12.7. The van der Waals surface area contributed by atoms with Crippen LogP contribution in [0.2, 0.25) is 0 Å². The number of aromatic carboxylic acids is 1. The third-order valence-electron chi connectivity index (χ3n) is 7.63. The highest BCUT2D eigenvalue weighted by molar-refractivity contribution is 5.94. The maximum Gasteiger partial charge on any atom is 0.408 e. The van der Waals surface area contributed by atoms with Crippen LogP contribution in [0.15, 0.2) is 106 Å². The molecule has 4 heterocycles. The summed E-state index contributed by atoms with van der Waals surface area (Å²) < 4.78 is 34.1. The molecule has 4 N–H and O–H groups in total. The lowest BCUT2D eigenvalue weighted by atomic mass is 10.2. The van der Waals surface area contributed by atoms with Crippen molar-refractivity contribution < 1.29 is 56.9 Å². The van der Waals surface area contributed by atoms with Crippen LogP contribution < -0.4 is 11.1 Å². The topological polar surface area (TPSA) is 217 Å². The minimum atomic E-state index is -1.13. The monoisotopic (exact) mass is 728 g/mol. The molecule has 2 aromatic carbocycles. The Bertz CT molecular complexity index is 2180. The Hall–Kier alpha value is -6.81. The summed E-state index contributed by atoms with van der Waals surface area (Å²) in [6.07, 6.45) is 2.15. The number of ether oxygens (including phenoxy) is 4. The zero-order valence-electron chi connectivity index (χ0n) is 28.6. The molecule has 0 spiro atoms. The van der Waals surface area contributed by atoms with Crippen LogP contribution in [0.1, 0.15) is 46.0 Å². The molecule has 0 aliphatic carbocycles. The molecule has 0 saturated heterocycles. The number of carbonyl (C=O) groups excluding carboxylic acids is 4. The van der Waals surface area contributed by atoms with Crippen LogP contribution in [0.5, 0.6) is 0 Å². The zero-order valence-corrected chi connectivity index (χ0v) is 28.6. The molecule has 2 unspecified atom stereocenters. The third-order valence-corrected chi connectivity index (χ3v) is 7.63. The summed E-state index contributed by atoms with van der Waals surface area (Å²) in [5, 5.41) is 11.5. The van der Waals surface area contributed by atoms with Gasteiger partial charge >= 0.3 is 30.0 Å². The van der Waals surface area contributed by atoms with Crippen LogP contribution in [0.25, 0.3) is 22.2 Å². The quantitative estimate of drug-likeness (QED) is 0.103. The van der Waals surface area contributed by atoms with E-state index in [2.05, 4.69) is 5.32 Å². The summed E-state index contributed by atoms with van der Waals surface area (Å²) >= 11 is 0. The molecule has 0 fully saturated rings. The molecular formula is C37H36N4O12. The third kappa shape index (κ3) is 9.71. The van der Waals surface area contributed by atoms with Gasteiger partial charge in [-0.15, -0.1) is 0 Å². The van der Waals surface area contributed by atoms with E-state index in [1.807, 2.05) is 60.7 Å². The normalized spacial score (nSPS) is 11.9. The van der Waals surface area contributed by atoms with Crippen LogP contribution in [-0.2, 0) is 55.2 Å². The summed E-state index contributed by atoms with van der Waals surface area (Å²) in [6, 6.07) is 22.9. The van der Waals surface area contributed by atoms with Gasteiger partial charge in [0.1, 0.15) is 36.7 Å². The fraction of sp³-hybridized carbons (Fsp3) is 0.216. The summed E-state index contributed by atoms with van der Waals surface area (Å²) in [6.45, 7) is 2.64. The molecule has 0 bridgehead atoms. The number of carboxylic acids is 1. The molecule has 0 radical (unpaired) electrons. The number of carbonyl (C=O) groups is 5. The number of carboxylic acid groups (broad SMARTS) is 1. The van der Waals surface area contributed by atoms with Gasteiger partial charge in [-0.1, -0.05) is 60.7 Å². The summed E-state index contributed by atoms with van der Waals surface area (Å²) in [4.78, 5) is 59.5. The number of rotatable bonds is 13. The second kappa shape index (κ2) is 17.4. The number of hydrogen-bond acceptors (Lipinski definition) is 12. The molecule has 276 valence electrons. The number of nitrogens with zero attached hydrogens (tertiary/aromatic N) is 2. The van der Waals surface area contributed by atoms with Crippen LogP contribution in [0.3, 0.4) is 0 Å². The van der Waals surface area contributed by atoms with E-state index in [0.717, 1.165) is 11.1 Å². The standard InChI is InChI=1S/C26H24N2O7.C11H12N2O5/c1-18(27-26(31)34-16-20-10-6-3-7-11-20)24(29)35-17-28-21-12-13-32-23(21)14-22(28)25(30)33-15-19-8-4-2-5-9-19;1-6(12)11(16)18-5-13-7-2-3-17-9(7)4-8(13)10(14)15/h2-14,18H,15-17H2,1H3,(H,27,31);2-4,6H,5,12H2,1H3,(H,14,15). The molecule has 6 rings (SSSR count). The van der Waals surface area contributed by atoms with E-state index in [9.17, 15) is 24.0 Å². The fourth-order valence-corrected chi connectivity index (χ4v) is 4.89. The average molecular weight is 729 g/mol. The minimum absolute atomic E-state index is 0.0122. The van der Waals surface area contributed by atoms with Crippen molar-refractivity contribution in [2.75, 3.05) is 0 Å². The molecule has 2 atom stereocenters. The number of alkyl carbamates (subject to hydrolysis) is 1. The maximum atomic E-state index is 12.7. The van der Waals surface area contributed by atoms with Gasteiger partial charge in [-0.3, -0.25) is 13.9 Å². The molecule has 1 amide bonds. The minimum Gasteiger partial charge on any atom is -0.477 e. The van der Waals surface area contributed by atoms with E-state index in [1.165, 1.54) is 47.6 Å². The van der Waals surface area contributed by atoms with Crippen LogP contribution in [-0.4, -0.2) is 56.3 Å². The van der Waals surface area contributed by atoms with Gasteiger partial charge in [-0.25, -0.2) is 19.2 Å². The van der Waals surface area contributed by atoms with Crippen molar-refractivity contribution in [3.05, 3.63) is 120 Å². The van der Waals surface area contributed by atoms with Crippen LogP contribution in [0.4, 0.5) is 4.79 Å². The van der Waals surface area contributed by atoms with Crippen molar-refractivity contribution >= 4 is 52.2 Å². The van der Waals surface area contributed by atoms with Crippen molar-refractivity contribution in [3.63, 3.8) is 0 Å². The Morgan fingerprint density at radius 2 is 1.19 bits per heavy atom. The second-order valence-electron chi connectivity index (χ2n) is 11.5. The number of nitrogens with one attached hydrogen (secondary N) is 1. The van der Waals surface area contributed by atoms with Gasteiger partial charge in [0.2, 0.25) is 0 Å². The lowest BCUT2D eigenvalue weighted by Crippen LogP contribution is -2.40. The average Bonchev–Trinajstić information content (AvgIpc) is 3.95. The van der Waals surface area contributed by atoms with Crippen molar-refractivity contribution in [1.82, 2.24) is 14.5 Å². The lowest BCUT2D eigenvalue weighted by molar-refractivity contribution is -0.149. The van der Waals surface area contributed by atoms with E-state index in [4.69, 9.17) is 38.6 Å². The number of nitrogens with two attached hydrogens (primary N) is 1. The van der Waals surface area contributed by atoms with E-state index < -0.39 is 42.1 Å². The molecule has 6 aromatic rings. The first-order valence-corrected chi connectivity index (χ1v) is 16.2. The largest absolute Gasteiger partial charge is 0.477 e. The molecule has 0 aliphatic heterocycles. The molecule has 53 heavy (non-hydrogen) atoms. The van der Waals surface area contributed by atoms with Crippen molar-refractivity contribution in [2.45, 2.75) is 52.6 Å². The molecular weight excluding hydrogens is 692 g/mol.